The highest BCUT2D eigenvalue weighted by Gasteiger charge is 2.17. The predicted octanol–water partition coefficient (Wildman–Crippen LogP) is 3.54. The molecule has 28 heavy (non-hydrogen) atoms. The van der Waals surface area contributed by atoms with Crippen molar-refractivity contribution < 1.29 is 19.2 Å². The number of ether oxygens (including phenoxy) is 1. The minimum atomic E-state index is -0.553. The van der Waals surface area contributed by atoms with Crippen LogP contribution in [0.5, 0.6) is 0 Å². The summed E-state index contributed by atoms with van der Waals surface area (Å²) in [7, 11) is 1.29. The summed E-state index contributed by atoms with van der Waals surface area (Å²) < 4.78 is 4.52. The topological polar surface area (TPSA) is 111 Å². The Morgan fingerprint density at radius 2 is 1.96 bits per heavy atom. The van der Waals surface area contributed by atoms with Gasteiger partial charge in [0, 0.05) is 36.2 Å². The van der Waals surface area contributed by atoms with E-state index in [1.165, 1.54) is 25.3 Å². The second-order valence-corrected chi connectivity index (χ2v) is 6.28. The van der Waals surface area contributed by atoms with E-state index in [4.69, 9.17) is 11.6 Å². The van der Waals surface area contributed by atoms with E-state index >= 15 is 0 Å². The number of hydrogen-bond acceptors (Lipinski definition) is 6. The normalized spacial score (nSPS) is 10.2. The van der Waals surface area contributed by atoms with Crippen LogP contribution in [0.4, 0.5) is 11.4 Å². The Hall–Kier alpha value is -3.13. The molecule has 1 amide bonds. The first-order valence-electron chi connectivity index (χ1n) is 8.53. The van der Waals surface area contributed by atoms with Crippen LogP contribution < -0.4 is 10.6 Å². The number of nitro groups is 1. The van der Waals surface area contributed by atoms with Crippen molar-refractivity contribution in [1.82, 2.24) is 5.32 Å². The van der Waals surface area contributed by atoms with E-state index in [1.807, 2.05) is 12.1 Å². The van der Waals surface area contributed by atoms with Gasteiger partial charge < -0.3 is 15.4 Å². The second kappa shape index (κ2) is 10.3. The molecule has 0 spiro atoms. The van der Waals surface area contributed by atoms with E-state index in [-0.39, 0.29) is 35.9 Å². The van der Waals surface area contributed by atoms with Crippen LogP contribution in [0.25, 0.3) is 0 Å². The number of halogens is 1. The lowest BCUT2D eigenvalue weighted by molar-refractivity contribution is -0.384. The van der Waals surface area contributed by atoms with Crippen molar-refractivity contribution in [2.24, 2.45) is 0 Å². The third kappa shape index (κ3) is 5.95. The fourth-order valence-corrected chi connectivity index (χ4v) is 2.65. The Balaban J connectivity index is 2.03. The molecule has 0 saturated carbocycles. The van der Waals surface area contributed by atoms with Crippen LogP contribution in [0.1, 0.15) is 28.8 Å². The van der Waals surface area contributed by atoms with Gasteiger partial charge in [-0.05, 0) is 30.2 Å². The molecule has 2 aromatic rings. The predicted molar refractivity (Wildman–Crippen MR) is 105 cm³/mol. The molecule has 2 N–H and O–H groups in total. The molecule has 0 radical (unpaired) electrons. The molecule has 0 bridgehead atoms. The lowest BCUT2D eigenvalue weighted by Crippen LogP contribution is -2.25. The zero-order valence-corrected chi connectivity index (χ0v) is 16.0. The Bertz CT molecular complexity index is 872. The lowest BCUT2D eigenvalue weighted by atomic mass is 10.1. The second-order valence-electron chi connectivity index (χ2n) is 5.87. The van der Waals surface area contributed by atoms with Crippen molar-refractivity contribution in [3.63, 3.8) is 0 Å². The molecule has 2 rings (SSSR count). The molecular formula is C19H20ClN3O5. The van der Waals surface area contributed by atoms with Crippen LogP contribution in [0.2, 0.25) is 5.02 Å². The van der Waals surface area contributed by atoms with E-state index in [0.29, 0.717) is 18.0 Å². The van der Waals surface area contributed by atoms with Gasteiger partial charge in [-0.2, -0.15) is 0 Å². The highest BCUT2D eigenvalue weighted by molar-refractivity contribution is 6.31. The number of nitrogens with zero attached hydrogens (tertiary/aromatic N) is 1. The summed E-state index contributed by atoms with van der Waals surface area (Å²) in [6, 6.07) is 11.4. The number of amides is 1. The fourth-order valence-electron chi connectivity index (χ4n) is 2.44. The van der Waals surface area contributed by atoms with Crippen molar-refractivity contribution in [3.8, 4) is 0 Å². The highest BCUT2D eigenvalue weighted by atomic mass is 35.5. The van der Waals surface area contributed by atoms with Crippen LogP contribution >= 0.6 is 11.6 Å². The minimum Gasteiger partial charge on any atom is -0.469 e. The van der Waals surface area contributed by atoms with Gasteiger partial charge in [0.15, 0.2) is 0 Å². The van der Waals surface area contributed by atoms with Gasteiger partial charge in [0.2, 0.25) is 0 Å². The van der Waals surface area contributed by atoms with Crippen molar-refractivity contribution in [3.05, 3.63) is 68.7 Å². The van der Waals surface area contributed by atoms with Gasteiger partial charge in [0.05, 0.1) is 12.0 Å². The number of esters is 1. The summed E-state index contributed by atoms with van der Waals surface area (Å²) >= 11 is 6.09. The van der Waals surface area contributed by atoms with Gasteiger partial charge >= 0.3 is 5.97 Å². The van der Waals surface area contributed by atoms with E-state index in [9.17, 15) is 19.7 Å². The summed E-state index contributed by atoms with van der Waals surface area (Å²) in [6.45, 7) is 0.563. The van der Waals surface area contributed by atoms with Gasteiger partial charge in [-0.1, -0.05) is 29.8 Å². The van der Waals surface area contributed by atoms with E-state index in [0.717, 1.165) is 5.56 Å². The Morgan fingerprint density at radius 1 is 1.21 bits per heavy atom. The fraction of sp³-hybridized carbons (Fsp3) is 0.263. The summed E-state index contributed by atoms with van der Waals surface area (Å²) in [4.78, 5) is 34.1. The number of rotatable bonds is 9. The monoisotopic (exact) mass is 405 g/mol. The first kappa shape index (κ1) is 21.2. The van der Waals surface area contributed by atoms with E-state index in [2.05, 4.69) is 15.4 Å². The number of hydrogen-bond donors (Lipinski definition) is 2. The molecule has 0 aliphatic heterocycles. The number of nitro benzene ring substituents is 1. The molecular weight excluding hydrogens is 386 g/mol. The lowest BCUT2D eigenvalue weighted by Gasteiger charge is -2.10. The summed E-state index contributed by atoms with van der Waals surface area (Å²) in [5, 5.41) is 17.6. The van der Waals surface area contributed by atoms with Gasteiger partial charge in [0.1, 0.15) is 5.69 Å². The zero-order valence-electron chi connectivity index (χ0n) is 15.2. The largest absolute Gasteiger partial charge is 0.469 e. The van der Waals surface area contributed by atoms with Crippen molar-refractivity contribution >= 4 is 34.9 Å². The summed E-state index contributed by atoms with van der Waals surface area (Å²) in [5.74, 6) is -0.815. The molecule has 0 aliphatic rings. The standard InChI is InChI=1S/C19H20ClN3O5/c1-28-18(24)7-4-10-21-19(25)13-8-9-16(17(11-13)23(26)27)22-12-14-5-2-3-6-15(14)20/h2-3,5-6,8-9,11,22H,4,7,10,12H2,1H3,(H,21,25). The van der Waals surface area contributed by atoms with E-state index in [1.54, 1.807) is 12.1 Å². The van der Waals surface area contributed by atoms with Crippen LogP contribution in [0, 0.1) is 10.1 Å². The summed E-state index contributed by atoms with van der Waals surface area (Å²) in [5.41, 5.74) is 1.03. The molecule has 0 unspecified atom stereocenters. The van der Waals surface area contributed by atoms with Gasteiger partial charge in [0.25, 0.3) is 11.6 Å². The molecule has 148 valence electrons. The number of carbonyl (C=O) groups excluding carboxylic acids is 2. The molecule has 0 aromatic heterocycles. The third-order valence-electron chi connectivity index (χ3n) is 3.95. The van der Waals surface area contributed by atoms with Gasteiger partial charge in [-0.3, -0.25) is 19.7 Å². The zero-order chi connectivity index (χ0) is 20.5. The van der Waals surface area contributed by atoms with E-state index < -0.39 is 10.8 Å². The molecule has 0 aliphatic carbocycles. The minimum absolute atomic E-state index is 0.160. The first-order valence-corrected chi connectivity index (χ1v) is 8.91. The van der Waals surface area contributed by atoms with Crippen LogP contribution in [0.3, 0.4) is 0 Å². The molecule has 9 heteroatoms. The number of anilines is 1. The maximum Gasteiger partial charge on any atom is 0.305 e. The van der Waals surface area contributed by atoms with Gasteiger partial charge in [-0.15, -0.1) is 0 Å². The summed E-state index contributed by atoms with van der Waals surface area (Å²) in [6.07, 6.45) is 0.597. The molecule has 0 heterocycles. The molecule has 8 nitrogen and oxygen atoms in total. The van der Waals surface area contributed by atoms with Crippen LogP contribution in [-0.4, -0.2) is 30.5 Å². The Kier molecular flexibility index (Phi) is 7.76. The maximum atomic E-state index is 12.2. The number of carbonyl (C=O) groups is 2. The van der Waals surface area contributed by atoms with Crippen molar-refractivity contribution in [1.29, 1.82) is 0 Å². The number of methoxy groups -OCH3 is 1. The Morgan fingerprint density at radius 3 is 2.64 bits per heavy atom. The van der Waals surface area contributed by atoms with Crippen LogP contribution in [0.15, 0.2) is 42.5 Å². The average molecular weight is 406 g/mol. The SMILES string of the molecule is COC(=O)CCCNC(=O)c1ccc(NCc2ccccc2Cl)c([N+](=O)[O-])c1. The first-order chi connectivity index (χ1) is 13.4. The average Bonchev–Trinajstić information content (AvgIpc) is 2.70. The molecule has 0 fully saturated rings. The molecule has 0 saturated heterocycles. The van der Waals surface area contributed by atoms with Crippen molar-refractivity contribution in [2.75, 3.05) is 19.0 Å². The third-order valence-corrected chi connectivity index (χ3v) is 4.32. The molecule has 0 atom stereocenters. The highest BCUT2D eigenvalue weighted by Crippen LogP contribution is 2.27. The van der Waals surface area contributed by atoms with Gasteiger partial charge in [-0.25, -0.2) is 0 Å². The maximum absolute atomic E-state index is 12.2. The van der Waals surface area contributed by atoms with Crippen LogP contribution in [-0.2, 0) is 16.1 Å². The Labute approximate surface area is 167 Å². The number of benzene rings is 2. The van der Waals surface area contributed by atoms with Crippen molar-refractivity contribution in [2.45, 2.75) is 19.4 Å². The molecule has 2 aromatic carbocycles. The quantitative estimate of drug-likeness (QED) is 0.285. The number of nitrogens with one attached hydrogen (secondary N) is 2. The smallest absolute Gasteiger partial charge is 0.305 e.